The van der Waals surface area contributed by atoms with Gasteiger partial charge in [-0.25, -0.2) is 0 Å². The lowest BCUT2D eigenvalue weighted by Gasteiger charge is -2.22. The molecule has 1 aromatic carbocycles. The van der Waals surface area contributed by atoms with Crippen molar-refractivity contribution in [3.05, 3.63) is 34.3 Å². The van der Waals surface area contributed by atoms with Crippen molar-refractivity contribution in [2.45, 2.75) is 19.0 Å². The molecule has 1 heterocycles. The van der Waals surface area contributed by atoms with E-state index in [2.05, 4.69) is 56.1 Å². The van der Waals surface area contributed by atoms with Gasteiger partial charge in [-0.05, 0) is 31.2 Å². The molecule has 18 heavy (non-hydrogen) atoms. The van der Waals surface area contributed by atoms with Gasteiger partial charge in [0, 0.05) is 30.1 Å². The van der Waals surface area contributed by atoms with Crippen LogP contribution in [0.4, 0.5) is 0 Å². The van der Waals surface area contributed by atoms with Crippen LogP contribution in [-0.4, -0.2) is 42.5 Å². The predicted molar refractivity (Wildman–Crippen MR) is 76.1 cm³/mol. The van der Waals surface area contributed by atoms with E-state index in [1.807, 2.05) is 7.05 Å². The van der Waals surface area contributed by atoms with Crippen molar-refractivity contribution in [3.8, 4) is 6.07 Å². The number of likely N-dealkylation sites (N-methyl/N-ethyl adjacent to an activating group) is 1. The largest absolute Gasteiger partial charge is 0.297 e. The fourth-order valence-corrected chi connectivity index (χ4v) is 2.67. The van der Waals surface area contributed by atoms with Crippen LogP contribution in [-0.2, 0) is 6.54 Å². The third-order valence-electron chi connectivity index (χ3n) is 3.51. The molecule has 0 radical (unpaired) electrons. The van der Waals surface area contributed by atoms with Crippen molar-refractivity contribution in [2.24, 2.45) is 0 Å². The summed E-state index contributed by atoms with van der Waals surface area (Å²) in [5.41, 5.74) is 1.35. The van der Waals surface area contributed by atoms with Crippen molar-refractivity contribution >= 4 is 15.9 Å². The first-order valence-electron chi connectivity index (χ1n) is 6.23. The zero-order chi connectivity index (χ0) is 13.0. The van der Waals surface area contributed by atoms with Crippen LogP contribution in [0.2, 0.25) is 0 Å². The van der Waals surface area contributed by atoms with Crippen LogP contribution in [0.15, 0.2) is 28.7 Å². The Morgan fingerprint density at radius 1 is 1.44 bits per heavy atom. The molecule has 1 aromatic rings. The number of nitriles is 1. The SMILES string of the molecule is CN(CC#N)C1CCN(Cc2ccc(Br)cc2)C1. The maximum atomic E-state index is 8.71. The van der Waals surface area contributed by atoms with E-state index in [0.717, 1.165) is 30.5 Å². The molecule has 96 valence electrons. The minimum atomic E-state index is 0.525. The zero-order valence-corrected chi connectivity index (χ0v) is 12.2. The van der Waals surface area contributed by atoms with Gasteiger partial charge in [-0.3, -0.25) is 9.80 Å². The monoisotopic (exact) mass is 307 g/mol. The van der Waals surface area contributed by atoms with E-state index in [9.17, 15) is 0 Å². The van der Waals surface area contributed by atoms with Gasteiger partial charge in [0.25, 0.3) is 0 Å². The molecule has 0 aromatic heterocycles. The normalized spacial score (nSPS) is 20.2. The second kappa shape index (κ2) is 6.33. The molecule has 1 atom stereocenters. The Morgan fingerprint density at radius 2 is 2.17 bits per heavy atom. The molecular formula is C14H18BrN3. The summed E-state index contributed by atoms with van der Waals surface area (Å²) < 4.78 is 1.12. The first-order chi connectivity index (χ1) is 8.69. The fourth-order valence-electron chi connectivity index (χ4n) is 2.40. The van der Waals surface area contributed by atoms with Gasteiger partial charge < -0.3 is 0 Å². The minimum absolute atomic E-state index is 0.525. The summed E-state index contributed by atoms with van der Waals surface area (Å²) in [6.07, 6.45) is 1.16. The van der Waals surface area contributed by atoms with E-state index in [0.29, 0.717) is 12.6 Å². The standard InChI is InChI=1S/C14H18BrN3/c1-17(9-7-16)14-6-8-18(11-14)10-12-2-4-13(15)5-3-12/h2-5,14H,6,8-11H2,1H3. The molecule has 1 aliphatic rings. The van der Waals surface area contributed by atoms with Gasteiger partial charge in [-0.1, -0.05) is 28.1 Å². The molecule has 0 aliphatic carbocycles. The van der Waals surface area contributed by atoms with Gasteiger partial charge >= 0.3 is 0 Å². The molecule has 0 spiro atoms. The van der Waals surface area contributed by atoms with Crippen LogP contribution < -0.4 is 0 Å². The first kappa shape index (κ1) is 13.5. The highest BCUT2D eigenvalue weighted by Gasteiger charge is 2.25. The summed E-state index contributed by atoms with van der Waals surface area (Å²) >= 11 is 3.45. The molecule has 0 bridgehead atoms. The molecule has 3 nitrogen and oxygen atoms in total. The third-order valence-corrected chi connectivity index (χ3v) is 4.04. The summed E-state index contributed by atoms with van der Waals surface area (Å²) in [5, 5.41) is 8.71. The number of rotatable bonds is 4. The van der Waals surface area contributed by atoms with Crippen LogP contribution in [0, 0.1) is 11.3 Å². The second-order valence-corrected chi connectivity index (χ2v) is 5.79. The van der Waals surface area contributed by atoms with Crippen LogP contribution >= 0.6 is 15.9 Å². The molecule has 0 saturated carbocycles. The Hall–Kier alpha value is -0.890. The number of benzene rings is 1. The smallest absolute Gasteiger partial charge is 0.0866 e. The van der Waals surface area contributed by atoms with Crippen LogP contribution in [0.25, 0.3) is 0 Å². The Labute approximate surface area is 117 Å². The van der Waals surface area contributed by atoms with E-state index >= 15 is 0 Å². The highest BCUT2D eigenvalue weighted by molar-refractivity contribution is 9.10. The fraction of sp³-hybridized carbons (Fsp3) is 0.500. The van der Waals surface area contributed by atoms with Gasteiger partial charge in [-0.2, -0.15) is 5.26 Å². The lowest BCUT2D eigenvalue weighted by atomic mass is 10.2. The van der Waals surface area contributed by atoms with Gasteiger partial charge in [0.15, 0.2) is 0 Å². The van der Waals surface area contributed by atoms with Crippen molar-refractivity contribution in [1.82, 2.24) is 9.80 Å². The van der Waals surface area contributed by atoms with Gasteiger partial charge in [0.2, 0.25) is 0 Å². The molecule has 4 heteroatoms. The van der Waals surface area contributed by atoms with Crippen molar-refractivity contribution in [3.63, 3.8) is 0 Å². The molecule has 1 fully saturated rings. The van der Waals surface area contributed by atoms with E-state index in [1.165, 1.54) is 5.56 Å². The van der Waals surface area contributed by atoms with E-state index in [4.69, 9.17) is 5.26 Å². The molecule has 0 N–H and O–H groups in total. The van der Waals surface area contributed by atoms with Crippen molar-refractivity contribution in [2.75, 3.05) is 26.7 Å². The quantitative estimate of drug-likeness (QED) is 0.801. The highest BCUT2D eigenvalue weighted by atomic mass is 79.9. The molecule has 2 rings (SSSR count). The molecule has 1 aliphatic heterocycles. The molecule has 1 saturated heterocycles. The van der Waals surface area contributed by atoms with E-state index < -0.39 is 0 Å². The predicted octanol–water partition coefficient (Wildman–Crippen LogP) is 2.48. The minimum Gasteiger partial charge on any atom is -0.297 e. The zero-order valence-electron chi connectivity index (χ0n) is 10.6. The van der Waals surface area contributed by atoms with Crippen molar-refractivity contribution in [1.29, 1.82) is 5.26 Å². The summed E-state index contributed by atoms with van der Waals surface area (Å²) in [4.78, 5) is 4.61. The Bertz CT molecular complexity index is 424. The number of hydrogen-bond acceptors (Lipinski definition) is 3. The van der Waals surface area contributed by atoms with E-state index in [1.54, 1.807) is 0 Å². The Balaban J connectivity index is 1.86. The maximum Gasteiger partial charge on any atom is 0.0866 e. The lowest BCUT2D eigenvalue weighted by molar-refractivity contribution is 0.249. The number of nitrogens with zero attached hydrogens (tertiary/aromatic N) is 3. The average molecular weight is 308 g/mol. The summed E-state index contributed by atoms with van der Waals surface area (Å²) in [7, 11) is 2.04. The van der Waals surface area contributed by atoms with Crippen LogP contribution in [0.5, 0.6) is 0 Å². The Kier molecular flexibility index (Phi) is 4.76. The van der Waals surface area contributed by atoms with Gasteiger partial charge in [0.1, 0.15) is 0 Å². The summed E-state index contributed by atoms with van der Waals surface area (Å²) in [5.74, 6) is 0. The number of halogens is 1. The number of hydrogen-bond donors (Lipinski definition) is 0. The maximum absolute atomic E-state index is 8.71. The van der Waals surface area contributed by atoms with E-state index in [-0.39, 0.29) is 0 Å². The molecule has 0 amide bonds. The van der Waals surface area contributed by atoms with Gasteiger partial charge in [-0.15, -0.1) is 0 Å². The summed E-state index contributed by atoms with van der Waals surface area (Å²) in [6, 6.07) is 11.2. The second-order valence-electron chi connectivity index (χ2n) is 4.88. The average Bonchev–Trinajstić information content (AvgIpc) is 2.81. The van der Waals surface area contributed by atoms with Crippen molar-refractivity contribution < 1.29 is 0 Å². The Morgan fingerprint density at radius 3 is 2.83 bits per heavy atom. The number of likely N-dealkylation sites (tertiary alicyclic amines) is 1. The van der Waals surface area contributed by atoms with Gasteiger partial charge in [0.05, 0.1) is 12.6 Å². The third kappa shape index (κ3) is 3.55. The van der Waals surface area contributed by atoms with Crippen LogP contribution in [0.1, 0.15) is 12.0 Å². The topological polar surface area (TPSA) is 30.3 Å². The lowest BCUT2D eigenvalue weighted by Crippen LogP contribution is -2.34. The molecule has 1 unspecified atom stereocenters. The molecular weight excluding hydrogens is 290 g/mol. The van der Waals surface area contributed by atoms with Crippen LogP contribution in [0.3, 0.4) is 0 Å². The first-order valence-corrected chi connectivity index (χ1v) is 7.02. The highest BCUT2D eigenvalue weighted by Crippen LogP contribution is 2.18. The summed E-state index contributed by atoms with van der Waals surface area (Å²) in [6.45, 7) is 3.71.